The molecule has 0 radical (unpaired) electrons. The highest BCUT2D eigenvalue weighted by Crippen LogP contribution is 1.98. The van der Waals surface area contributed by atoms with Crippen LogP contribution < -0.4 is 5.30 Å². The molecule has 0 fully saturated rings. The zero-order chi connectivity index (χ0) is 13.8. The molecule has 0 aliphatic carbocycles. The lowest BCUT2D eigenvalue weighted by atomic mass is 10.4. The molecule has 0 spiro atoms. The van der Waals surface area contributed by atoms with Crippen molar-refractivity contribution in [1.29, 1.82) is 0 Å². The predicted octanol–water partition coefficient (Wildman–Crippen LogP) is 2.92. The van der Waals surface area contributed by atoms with E-state index in [0.29, 0.717) is 5.15 Å². The average molecular weight is 302 g/mol. The minimum Gasteiger partial charge on any atom is -0.617 e. The first-order chi connectivity index (χ1) is 8.52. The monoisotopic (exact) mass is 301 g/mol. The second kappa shape index (κ2) is 11.5. The molecule has 0 aliphatic rings. The molecule has 98 valence electrons. The number of halogens is 1. The molecule has 0 saturated heterocycles. The quantitative estimate of drug-likeness (QED) is 0.426. The van der Waals surface area contributed by atoms with Crippen molar-refractivity contribution in [3.63, 3.8) is 0 Å². The lowest BCUT2D eigenvalue weighted by molar-refractivity contribution is 0.606. The van der Waals surface area contributed by atoms with Gasteiger partial charge in [0.15, 0.2) is 0 Å². The van der Waals surface area contributed by atoms with E-state index >= 15 is 0 Å². The number of benzene rings is 1. The maximum Gasteiger partial charge on any atom is 0.129 e. The third-order valence-corrected chi connectivity index (χ3v) is 2.04. The van der Waals surface area contributed by atoms with Gasteiger partial charge < -0.3 is 4.55 Å². The summed E-state index contributed by atoms with van der Waals surface area (Å²) < 4.78 is 9.56. The molecule has 5 heteroatoms. The van der Waals surface area contributed by atoms with Crippen LogP contribution in [0.15, 0.2) is 54.7 Å². The van der Waals surface area contributed by atoms with Gasteiger partial charge in [-0.15, -0.1) is 9.24 Å². The summed E-state index contributed by atoms with van der Waals surface area (Å²) in [7, 11) is 2.63. The summed E-state index contributed by atoms with van der Waals surface area (Å²) in [5.41, 5.74) is 0. The van der Waals surface area contributed by atoms with E-state index in [-0.39, 0.29) is 0 Å². The Hall–Kier alpha value is -0.600. The smallest absolute Gasteiger partial charge is 0.129 e. The Kier molecular flexibility index (Phi) is 11.1. The first-order valence-corrected chi connectivity index (χ1v) is 8.06. The van der Waals surface area contributed by atoms with Crippen molar-refractivity contribution >= 4 is 37.3 Å². The van der Waals surface area contributed by atoms with E-state index < -0.39 is 11.2 Å². The highest BCUT2D eigenvalue weighted by molar-refractivity contribution is 7.89. The van der Waals surface area contributed by atoms with Crippen LogP contribution in [0.4, 0.5) is 0 Å². The third kappa shape index (κ3) is 13.5. The molecule has 1 aromatic heterocycles. The lowest BCUT2D eigenvalue weighted by Crippen LogP contribution is -1.86. The fourth-order valence-corrected chi connectivity index (χ4v) is 1.15. The normalized spacial score (nSPS) is 8.78. The number of aromatic nitrogens is 1. The van der Waals surface area contributed by atoms with Crippen LogP contribution in [0.1, 0.15) is 0 Å². The first kappa shape index (κ1) is 17.4. The Balaban J connectivity index is 0.000000253. The summed E-state index contributed by atoms with van der Waals surface area (Å²) in [6.45, 7) is 0. The molecule has 0 saturated carbocycles. The van der Waals surface area contributed by atoms with Gasteiger partial charge in [-0.25, -0.2) is 4.98 Å². The molecule has 2 rings (SSSR count). The molecule has 2 nitrogen and oxygen atoms in total. The molecule has 1 aromatic carbocycles. The summed E-state index contributed by atoms with van der Waals surface area (Å²) in [6.07, 6.45) is 4.93. The lowest BCUT2D eigenvalue weighted by Gasteiger charge is -1.87. The van der Waals surface area contributed by atoms with Crippen LogP contribution in [0, 0.1) is 0 Å². The largest absolute Gasteiger partial charge is 0.617 e. The van der Waals surface area contributed by atoms with Gasteiger partial charge in [0.05, 0.1) is 12.5 Å². The molecule has 0 N–H and O–H groups in total. The van der Waals surface area contributed by atoms with E-state index in [9.17, 15) is 4.55 Å². The van der Waals surface area contributed by atoms with Crippen LogP contribution in [0.25, 0.3) is 0 Å². The molecule has 0 bridgehead atoms. The minimum atomic E-state index is -0.611. The molecule has 0 amide bonds. The SMILES string of the molecule is C[S+](C)[O-].Clc1ccccn1.Pc1ccccc1. The topological polar surface area (TPSA) is 36.0 Å². The summed E-state index contributed by atoms with van der Waals surface area (Å²) >= 11 is 4.82. The van der Waals surface area contributed by atoms with Gasteiger partial charge in [-0.1, -0.05) is 59.2 Å². The molecular weight excluding hydrogens is 285 g/mol. The van der Waals surface area contributed by atoms with E-state index in [2.05, 4.69) is 14.2 Å². The highest BCUT2D eigenvalue weighted by atomic mass is 35.5. The van der Waals surface area contributed by atoms with Gasteiger partial charge in [0.25, 0.3) is 0 Å². The average Bonchev–Trinajstić information content (AvgIpc) is 2.31. The van der Waals surface area contributed by atoms with Crippen molar-refractivity contribution in [1.82, 2.24) is 4.98 Å². The number of nitrogens with zero attached hydrogens (tertiary/aromatic N) is 1. The Labute approximate surface area is 119 Å². The molecule has 1 unspecified atom stereocenters. The molecule has 2 aromatic rings. The highest BCUT2D eigenvalue weighted by Gasteiger charge is 1.76. The van der Waals surface area contributed by atoms with Crippen LogP contribution in [-0.4, -0.2) is 22.0 Å². The van der Waals surface area contributed by atoms with Gasteiger partial charge in [0.1, 0.15) is 5.15 Å². The summed E-state index contributed by atoms with van der Waals surface area (Å²) in [5, 5.41) is 1.78. The summed E-state index contributed by atoms with van der Waals surface area (Å²) in [4.78, 5) is 3.74. The van der Waals surface area contributed by atoms with Crippen molar-refractivity contribution in [2.45, 2.75) is 0 Å². The standard InChI is InChI=1S/C6H7P.C5H4ClN.C2H6OS/c7-6-4-2-1-3-5-6;6-5-3-1-2-4-7-5;1-4(2)3/h1-5H,7H2;1-4H;1-2H3. The van der Waals surface area contributed by atoms with Crippen molar-refractivity contribution < 1.29 is 4.55 Å². The van der Waals surface area contributed by atoms with Crippen LogP contribution in [-0.2, 0) is 11.2 Å². The molecule has 18 heavy (non-hydrogen) atoms. The Morgan fingerprint density at radius 1 is 1.06 bits per heavy atom. The van der Waals surface area contributed by atoms with Crippen molar-refractivity contribution in [2.24, 2.45) is 0 Å². The number of pyridine rings is 1. The van der Waals surface area contributed by atoms with Gasteiger partial charge in [-0.2, -0.15) is 0 Å². The zero-order valence-electron chi connectivity index (χ0n) is 10.4. The van der Waals surface area contributed by atoms with Gasteiger partial charge in [0.2, 0.25) is 0 Å². The molecule has 1 atom stereocenters. The van der Waals surface area contributed by atoms with Crippen LogP contribution in [0.2, 0.25) is 5.15 Å². The molecular formula is C13H17ClNOPS. The fraction of sp³-hybridized carbons (Fsp3) is 0.154. The van der Waals surface area contributed by atoms with Gasteiger partial charge in [-0.3, -0.25) is 0 Å². The minimum absolute atomic E-state index is 0.544. The zero-order valence-corrected chi connectivity index (χ0v) is 13.1. The van der Waals surface area contributed by atoms with Crippen molar-refractivity contribution in [3.8, 4) is 0 Å². The second-order valence-electron chi connectivity index (χ2n) is 3.30. The Morgan fingerprint density at radius 3 is 1.78 bits per heavy atom. The summed E-state index contributed by atoms with van der Waals surface area (Å²) in [6, 6.07) is 15.5. The fourth-order valence-electron chi connectivity index (χ4n) is 0.795. The Morgan fingerprint density at radius 2 is 1.56 bits per heavy atom. The van der Waals surface area contributed by atoms with Crippen molar-refractivity contribution in [2.75, 3.05) is 12.5 Å². The predicted molar refractivity (Wildman–Crippen MR) is 85.0 cm³/mol. The maximum absolute atomic E-state index is 9.56. The van der Waals surface area contributed by atoms with Gasteiger partial charge in [0, 0.05) is 6.20 Å². The van der Waals surface area contributed by atoms with E-state index in [1.165, 1.54) is 5.30 Å². The van der Waals surface area contributed by atoms with E-state index in [1.54, 1.807) is 24.8 Å². The first-order valence-electron chi connectivity index (χ1n) is 5.14. The number of hydrogen-bond acceptors (Lipinski definition) is 2. The van der Waals surface area contributed by atoms with Crippen LogP contribution in [0.5, 0.6) is 0 Å². The third-order valence-electron chi connectivity index (χ3n) is 1.43. The van der Waals surface area contributed by atoms with Crippen LogP contribution in [0.3, 0.4) is 0 Å². The molecule has 1 heterocycles. The van der Waals surface area contributed by atoms with Gasteiger partial charge >= 0.3 is 0 Å². The van der Waals surface area contributed by atoms with E-state index in [0.717, 1.165) is 0 Å². The maximum atomic E-state index is 9.56. The summed E-state index contributed by atoms with van der Waals surface area (Å²) in [5.74, 6) is 0. The Bertz CT molecular complexity index is 360. The number of rotatable bonds is 0. The van der Waals surface area contributed by atoms with Crippen molar-refractivity contribution in [3.05, 3.63) is 59.9 Å². The second-order valence-corrected chi connectivity index (χ2v) is 5.84. The van der Waals surface area contributed by atoms with E-state index in [4.69, 9.17) is 11.6 Å². The van der Waals surface area contributed by atoms with Crippen LogP contribution >= 0.6 is 20.8 Å². The van der Waals surface area contributed by atoms with Gasteiger partial charge in [-0.05, 0) is 17.4 Å². The number of hydrogen-bond donors (Lipinski definition) is 0. The van der Waals surface area contributed by atoms with E-state index in [1.807, 2.05) is 42.5 Å². The molecule has 0 aliphatic heterocycles.